The molecule has 0 bridgehead atoms. The molecule has 3 nitrogen and oxygen atoms in total. The maximum Gasteiger partial charge on any atom is 0.126 e. The molecule has 0 unspecified atom stereocenters. The minimum Gasteiger partial charge on any atom is -0.307 e. The Morgan fingerprint density at radius 3 is 2.42 bits per heavy atom. The molecule has 1 aromatic carbocycles. The first-order chi connectivity index (χ1) is 9.04. The quantitative estimate of drug-likeness (QED) is 0.900. The fourth-order valence-corrected chi connectivity index (χ4v) is 1.81. The summed E-state index contributed by atoms with van der Waals surface area (Å²) in [6.07, 6.45) is 1.92. The molecule has 0 amide bonds. The number of hydrogen-bond donors (Lipinski definition) is 1. The van der Waals surface area contributed by atoms with Crippen molar-refractivity contribution in [3.63, 3.8) is 0 Å². The Morgan fingerprint density at radius 1 is 1.16 bits per heavy atom. The highest BCUT2D eigenvalue weighted by atomic mass is 19.1. The van der Waals surface area contributed by atoms with Gasteiger partial charge in [-0.3, -0.25) is 4.68 Å². The van der Waals surface area contributed by atoms with Crippen molar-refractivity contribution in [2.45, 2.75) is 33.0 Å². The van der Waals surface area contributed by atoms with Gasteiger partial charge in [-0.15, -0.1) is 0 Å². The predicted molar refractivity (Wildman–Crippen MR) is 69.5 cm³/mol. The van der Waals surface area contributed by atoms with Crippen molar-refractivity contribution < 1.29 is 8.78 Å². The molecule has 5 heteroatoms. The van der Waals surface area contributed by atoms with E-state index in [1.54, 1.807) is 0 Å². The highest BCUT2D eigenvalue weighted by Gasteiger charge is 2.03. The number of halogens is 2. The van der Waals surface area contributed by atoms with E-state index >= 15 is 0 Å². The van der Waals surface area contributed by atoms with Crippen LogP contribution in [0.3, 0.4) is 0 Å². The van der Waals surface area contributed by atoms with E-state index in [1.165, 1.54) is 12.1 Å². The lowest BCUT2D eigenvalue weighted by atomic mass is 10.2. The summed E-state index contributed by atoms with van der Waals surface area (Å²) in [5.41, 5.74) is 1.49. The molecule has 1 N–H and O–H groups in total. The smallest absolute Gasteiger partial charge is 0.126 e. The Morgan fingerprint density at radius 2 is 1.84 bits per heavy atom. The summed E-state index contributed by atoms with van der Waals surface area (Å²) < 4.78 is 27.8. The van der Waals surface area contributed by atoms with Gasteiger partial charge in [-0.2, -0.15) is 5.10 Å². The van der Waals surface area contributed by atoms with Gasteiger partial charge in [0, 0.05) is 31.4 Å². The molecule has 0 saturated carbocycles. The van der Waals surface area contributed by atoms with E-state index in [1.807, 2.05) is 16.9 Å². The molecule has 0 fully saturated rings. The second-order valence-electron chi connectivity index (χ2n) is 4.76. The normalized spacial score (nSPS) is 11.2. The molecule has 0 aliphatic rings. The van der Waals surface area contributed by atoms with Gasteiger partial charge in [-0.25, -0.2) is 8.78 Å². The standard InChI is InChI=1S/C14H17F2N3/c1-10(2)19-4-3-14(18-19)9-17-8-11-5-12(15)7-13(16)6-11/h3-7,10,17H,8-9H2,1-2H3. The zero-order valence-electron chi connectivity index (χ0n) is 11.0. The van der Waals surface area contributed by atoms with Crippen molar-refractivity contribution in [2.75, 3.05) is 0 Å². The lowest BCUT2D eigenvalue weighted by Crippen LogP contribution is -2.14. The summed E-state index contributed by atoms with van der Waals surface area (Å²) in [5.74, 6) is -1.11. The number of hydrogen-bond acceptors (Lipinski definition) is 2. The second-order valence-corrected chi connectivity index (χ2v) is 4.76. The van der Waals surface area contributed by atoms with Gasteiger partial charge >= 0.3 is 0 Å². The monoisotopic (exact) mass is 265 g/mol. The van der Waals surface area contributed by atoms with Crippen LogP contribution in [0.1, 0.15) is 31.1 Å². The minimum absolute atomic E-state index is 0.325. The summed E-state index contributed by atoms with van der Waals surface area (Å²) in [4.78, 5) is 0. The number of aromatic nitrogens is 2. The van der Waals surface area contributed by atoms with Crippen molar-refractivity contribution in [1.82, 2.24) is 15.1 Å². The maximum atomic E-state index is 13.0. The zero-order valence-corrected chi connectivity index (χ0v) is 11.0. The summed E-state index contributed by atoms with van der Waals surface area (Å²) in [7, 11) is 0. The average Bonchev–Trinajstić information content (AvgIpc) is 2.76. The molecule has 1 heterocycles. The van der Waals surface area contributed by atoms with Crippen LogP contribution < -0.4 is 5.32 Å². The molecule has 0 radical (unpaired) electrons. The van der Waals surface area contributed by atoms with Crippen LogP contribution in [0, 0.1) is 11.6 Å². The van der Waals surface area contributed by atoms with Gasteiger partial charge in [-0.1, -0.05) is 0 Å². The van der Waals surface area contributed by atoms with Crippen molar-refractivity contribution in [1.29, 1.82) is 0 Å². The minimum atomic E-state index is -0.555. The van der Waals surface area contributed by atoms with Crippen molar-refractivity contribution in [3.05, 3.63) is 53.4 Å². The summed E-state index contributed by atoms with van der Waals surface area (Å²) >= 11 is 0. The van der Waals surface area contributed by atoms with Crippen LogP contribution in [-0.2, 0) is 13.1 Å². The van der Waals surface area contributed by atoms with Gasteiger partial charge in [0.15, 0.2) is 0 Å². The van der Waals surface area contributed by atoms with E-state index in [0.717, 1.165) is 11.8 Å². The molecule has 0 aliphatic heterocycles. The SMILES string of the molecule is CC(C)n1ccc(CNCc2cc(F)cc(F)c2)n1. The van der Waals surface area contributed by atoms with Gasteiger partial charge < -0.3 is 5.32 Å². The third kappa shape index (κ3) is 3.86. The Bertz CT molecular complexity index is 529. The molecule has 0 spiro atoms. The third-order valence-corrected chi connectivity index (χ3v) is 2.75. The predicted octanol–water partition coefficient (Wildman–Crippen LogP) is 3.03. The molecule has 1 aromatic heterocycles. The van der Waals surface area contributed by atoms with Crippen LogP contribution >= 0.6 is 0 Å². The maximum absolute atomic E-state index is 13.0. The lowest BCUT2D eigenvalue weighted by Gasteiger charge is -2.05. The molecule has 2 aromatic rings. The summed E-state index contributed by atoms with van der Waals surface area (Å²) in [6, 6.07) is 5.77. The first-order valence-corrected chi connectivity index (χ1v) is 6.24. The van der Waals surface area contributed by atoms with Crippen LogP contribution in [0.15, 0.2) is 30.5 Å². The van der Waals surface area contributed by atoms with Crippen LogP contribution in [0.4, 0.5) is 8.78 Å². The van der Waals surface area contributed by atoms with E-state index in [2.05, 4.69) is 24.3 Å². The first kappa shape index (κ1) is 13.7. The average molecular weight is 265 g/mol. The van der Waals surface area contributed by atoms with Gasteiger partial charge in [0.25, 0.3) is 0 Å². The Balaban J connectivity index is 1.88. The van der Waals surface area contributed by atoms with Crippen molar-refractivity contribution in [2.24, 2.45) is 0 Å². The van der Waals surface area contributed by atoms with Crippen LogP contribution in [0.2, 0.25) is 0 Å². The van der Waals surface area contributed by atoms with Gasteiger partial charge in [0.2, 0.25) is 0 Å². The van der Waals surface area contributed by atoms with E-state index < -0.39 is 11.6 Å². The van der Waals surface area contributed by atoms with Gasteiger partial charge in [0.1, 0.15) is 11.6 Å². The van der Waals surface area contributed by atoms with Crippen LogP contribution in [0.5, 0.6) is 0 Å². The van der Waals surface area contributed by atoms with Crippen molar-refractivity contribution in [3.8, 4) is 0 Å². The van der Waals surface area contributed by atoms with Gasteiger partial charge in [0.05, 0.1) is 5.69 Å². The molecule has 2 rings (SSSR count). The van der Waals surface area contributed by atoms with Crippen LogP contribution in [0.25, 0.3) is 0 Å². The molecule has 19 heavy (non-hydrogen) atoms. The van der Waals surface area contributed by atoms with E-state index in [0.29, 0.717) is 24.7 Å². The number of nitrogens with one attached hydrogen (secondary N) is 1. The number of rotatable bonds is 5. The van der Waals surface area contributed by atoms with Crippen LogP contribution in [-0.4, -0.2) is 9.78 Å². The number of benzene rings is 1. The summed E-state index contributed by atoms with van der Waals surface area (Å²) in [6.45, 7) is 5.08. The largest absolute Gasteiger partial charge is 0.307 e. The van der Waals surface area contributed by atoms with Crippen molar-refractivity contribution >= 4 is 0 Å². The highest BCUT2D eigenvalue weighted by molar-refractivity contribution is 5.17. The Labute approximate surface area is 111 Å². The molecular formula is C14H17F2N3. The first-order valence-electron chi connectivity index (χ1n) is 6.24. The van der Waals surface area contributed by atoms with Gasteiger partial charge in [-0.05, 0) is 37.6 Å². The number of nitrogens with zero attached hydrogens (tertiary/aromatic N) is 2. The molecule has 102 valence electrons. The molecule has 0 atom stereocenters. The molecule has 0 saturated heterocycles. The fourth-order valence-electron chi connectivity index (χ4n) is 1.81. The zero-order chi connectivity index (χ0) is 13.8. The topological polar surface area (TPSA) is 29.9 Å². The second kappa shape index (κ2) is 5.93. The fraction of sp³-hybridized carbons (Fsp3) is 0.357. The van der Waals surface area contributed by atoms with E-state index in [4.69, 9.17) is 0 Å². The molecular weight excluding hydrogens is 248 g/mol. The summed E-state index contributed by atoms with van der Waals surface area (Å²) in [5, 5.41) is 7.50. The molecule has 0 aliphatic carbocycles. The van der Waals surface area contributed by atoms with E-state index in [-0.39, 0.29) is 0 Å². The Kier molecular flexibility index (Phi) is 4.27. The highest BCUT2D eigenvalue weighted by Crippen LogP contribution is 2.08. The lowest BCUT2D eigenvalue weighted by molar-refractivity contribution is 0.521. The third-order valence-electron chi connectivity index (χ3n) is 2.75. The van der Waals surface area contributed by atoms with E-state index in [9.17, 15) is 8.78 Å². The Hall–Kier alpha value is -1.75.